The number of imidazole rings is 1. The number of amides is 2. The highest BCUT2D eigenvalue weighted by molar-refractivity contribution is 7.99. The summed E-state index contributed by atoms with van der Waals surface area (Å²) in [4.78, 5) is 32.9. The summed E-state index contributed by atoms with van der Waals surface area (Å²) in [5, 5.41) is 0.587. The Morgan fingerprint density at radius 3 is 2.45 bits per heavy atom. The predicted molar refractivity (Wildman–Crippen MR) is 110 cm³/mol. The summed E-state index contributed by atoms with van der Waals surface area (Å²) in [5.41, 5.74) is 1.75. The Kier molecular flexibility index (Phi) is 5.57. The molecule has 1 fully saturated rings. The highest BCUT2D eigenvalue weighted by Gasteiger charge is 2.26. The molecule has 2 N–H and O–H groups in total. The van der Waals surface area contributed by atoms with Crippen LogP contribution in [0, 0.1) is 0 Å². The van der Waals surface area contributed by atoms with Crippen LogP contribution in [0.25, 0.3) is 11.3 Å². The van der Waals surface area contributed by atoms with Gasteiger partial charge in [-0.15, -0.1) is 0 Å². The number of nitrogens with zero attached hydrogens (tertiary/aromatic N) is 4. The molecule has 29 heavy (non-hydrogen) atoms. The van der Waals surface area contributed by atoms with Crippen LogP contribution in [0.3, 0.4) is 0 Å². The van der Waals surface area contributed by atoms with Crippen LogP contribution in [-0.4, -0.2) is 63.2 Å². The van der Waals surface area contributed by atoms with Gasteiger partial charge in [0.2, 0.25) is 5.91 Å². The van der Waals surface area contributed by atoms with Gasteiger partial charge in [0.05, 0.1) is 23.9 Å². The summed E-state index contributed by atoms with van der Waals surface area (Å²) in [6.07, 6.45) is 3.23. The lowest BCUT2D eigenvalue weighted by Gasteiger charge is -2.34. The molecule has 0 atom stereocenters. The van der Waals surface area contributed by atoms with Crippen LogP contribution in [0.15, 0.2) is 64.5 Å². The SMILES string of the molecule is Nn1cc(-c2ccccc2)nc1SCC(=O)N1CCN(C(=O)c2ccco2)CC1. The maximum absolute atomic E-state index is 12.6. The Morgan fingerprint density at radius 2 is 1.76 bits per heavy atom. The Balaban J connectivity index is 1.30. The lowest BCUT2D eigenvalue weighted by atomic mass is 10.2. The normalized spacial score (nSPS) is 14.2. The quantitative estimate of drug-likeness (QED) is 0.509. The Bertz CT molecular complexity index is 979. The van der Waals surface area contributed by atoms with Crippen molar-refractivity contribution in [2.75, 3.05) is 37.8 Å². The molecule has 3 heterocycles. The number of aromatic nitrogens is 2. The first-order valence-electron chi connectivity index (χ1n) is 9.25. The minimum Gasteiger partial charge on any atom is -0.459 e. The fourth-order valence-electron chi connectivity index (χ4n) is 3.16. The van der Waals surface area contributed by atoms with Gasteiger partial charge in [0.15, 0.2) is 10.9 Å². The van der Waals surface area contributed by atoms with Gasteiger partial charge >= 0.3 is 0 Å². The number of hydrogen-bond acceptors (Lipinski definition) is 6. The van der Waals surface area contributed by atoms with Gasteiger partial charge in [-0.25, -0.2) is 9.66 Å². The van der Waals surface area contributed by atoms with Crippen molar-refractivity contribution in [1.29, 1.82) is 0 Å². The highest BCUT2D eigenvalue weighted by atomic mass is 32.2. The van der Waals surface area contributed by atoms with E-state index in [0.29, 0.717) is 37.1 Å². The first-order chi connectivity index (χ1) is 14.1. The van der Waals surface area contributed by atoms with Crippen LogP contribution < -0.4 is 5.84 Å². The second-order valence-electron chi connectivity index (χ2n) is 6.62. The Labute approximate surface area is 172 Å². The minimum atomic E-state index is -0.143. The fraction of sp³-hybridized carbons (Fsp3) is 0.250. The van der Waals surface area contributed by atoms with Gasteiger partial charge in [-0.05, 0) is 12.1 Å². The number of carbonyl (C=O) groups excluding carboxylic acids is 2. The van der Waals surface area contributed by atoms with E-state index in [1.165, 1.54) is 22.7 Å². The molecule has 3 aromatic rings. The standard InChI is InChI=1S/C20H21N5O3S/c21-25-13-16(15-5-2-1-3-6-15)22-20(25)29-14-18(26)23-8-10-24(11-9-23)19(27)17-7-4-12-28-17/h1-7,12-13H,8-11,14,21H2. The Morgan fingerprint density at radius 1 is 1.03 bits per heavy atom. The van der Waals surface area contributed by atoms with Crippen molar-refractivity contribution in [1.82, 2.24) is 19.5 Å². The van der Waals surface area contributed by atoms with Crippen LogP contribution in [0.4, 0.5) is 0 Å². The van der Waals surface area contributed by atoms with Gasteiger partial charge in [-0.2, -0.15) is 0 Å². The van der Waals surface area contributed by atoms with E-state index >= 15 is 0 Å². The third kappa shape index (κ3) is 4.29. The summed E-state index contributed by atoms with van der Waals surface area (Å²) < 4.78 is 6.60. The van der Waals surface area contributed by atoms with E-state index < -0.39 is 0 Å². The summed E-state index contributed by atoms with van der Waals surface area (Å²) >= 11 is 1.31. The van der Waals surface area contributed by atoms with E-state index in [0.717, 1.165) is 11.3 Å². The monoisotopic (exact) mass is 411 g/mol. The molecule has 4 rings (SSSR count). The molecule has 0 unspecified atom stereocenters. The van der Waals surface area contributed by atoms with Crippen molar-refractivity contribution in [3.05, 3.63) is 60.7 Å². The van der Waals surface area contributed by atoms with Crippen molar-refractivity contribution in [3.8, 4) is 11.3 Å². The average Bonchev–Trinajstić information content (AvgIpc) is 3.42. The van der Waals surface area contributed by atoms with E-state index in [2.05, 4.69) is 4.98 Å². The number of piperazine rings is 1. The Hall–Kier alpha value is -3.20. The maximum atomic E-state index is 12.6. The zero-order valence-electron chi connectivity index (χ0n) is 15.7. The average molecular weight is 411 g/mol. The molecule has 0 aliphatic carbocycles. The van der Waals surface area contributed by atoms with E-state index in [1.54, 1.807) is 28.1 Å². The van der Waals surface area contributed by atoms with Crippen LogP contribution in [0.1, 0.15) is 10.6 Å². The first-order valence-corrected chi connectivity index (χ1v) is 10.2. The van der Waals surface area contributed by atoms with Gasteiger partial charge in [-0.1, -0.05) is 42.1 Å². The molecule has 150 valence electrons. The van der Waals surface area contributed by atoms with E-state index in [9.17, 15) is 9.59 Å². The number of nitrogen functional groups attached to an aromatic ring is 1. The smallest absolute Gasteiger partial charge is 0.289 e. The lowest BCUT2D eigenvalue weighted by molar-refractivity contribution is -0.129. The second kappa shape index (κ2) is 8.44. The molecule has 2 amide bonds. The molecule has 1 aromatic carbocycles. The number of rotatable bonds is 5. The lowest BCUT2D eigenvalue weighted by Crippen LogP contribution is -2.51. The van der Waals surface area contributed by atoms with Gasteiger partial charge in [0, 0.05) is 31.7 Å². The molecular weight excluding hydrogens is 390 g/mol. The summed E-state index contributed by atoms with van der Waals surface area (Å²) in [6.45, 7) is 1.97. The van der Waals surface area contributed by atoms with Crippen LogP contribution in [0.5, 0.6) is 0 Å². The molecule has 0 spiro atoms. The van der Waals surface area contributed by atoms with E-state index in [4.69, 9.17) is 10.3 Å². The number of furan rings is 1. The van der Waals surface area contributed by atoms with E-state index in [-0.39, 0.29) is 17.6 Å². The number of carbonyl (C=O) groups is 2. The molecule has 1 aliphatic rings. The second-order valence-corrected chi connectivity index (χ2v) is 7.56. The van der Waals surface area contributed by atoms with Crippen LogP contribution in [-0.2, 0) is 4.79 Å². The topological polar surface area (TPSA) is 97.6 Å². The van der Waals surface area contributed by atoms with Crippen molar-refractivity contribution < 1.29 is 14.0 Å². The third-order valence-corrected chi connectivity index (χ3v) is 5.70. The van der Waals surface area contributed by atoms with Crippen LogP contribution in [0.2, 0.25) is 0 Å². The number of benzene rings is 1. The summed E-state index contributed by atoms with van der Waals surface area (Å²) in [7, 11) is 0. The minimum absolute atomic E-state index is 0.00404. The van der Waals surface area contributed by atoms with Gasteiger partial charge in [0.1, 0.15) is 0 Å². The van der Waals surface area contributed by atoms with Gasteiger partial charge in [0.25, 0.3) is 5.91 Å². The van der Waals surface area contributed by atoms with Crippen LogP contribution >= 0.6 is 11.8 Å². The van der Waals surface area contributed by atoms with Crippen molar-refractivity contribution >= 4 is 23.6 Å². The first kappa shape index (κ1) is 19.1. The molecule has 9 heteroatoms. The van der Waals surface area contributed by atoms with Crippen molar-refractivity contribution in [3.63, 3.8) is 0 Å². The van der Waals surface area contributed by atoms with Crippen molar-refractivity contribution in [2.45, 2.75) is 5.16 Å². The third-order valence-electron chi connectivity index (χ3n) is 4.74. The summed E-state index contributed by atoms with van der Waals surface area (Å²) in [5.74, 6) is 6.43. The molecular formula is C20H21N5O3S. The number of nitrogens with two attached hydrogens (primary N) is 1. The number of hydrogen-bond donors (Lipinski definition) is 1. The zero-order chi connectivity index (χ0) is 20.2. The van der Waals surface area contributed by atoms with E-state index in [1.807, 2.05) is 30.3 Å². The molecule has 1 saturated heterocycles. The number of thioether (sulfide) groups is 1. The highest BCUT2D eigenvalue weighted by Crippen LogP contribution is 2.23. The molecule has 0 saturated carbocycles. The molecule has 0 bridgehead atoms. The fourth-order valence-corrected chi connectivity index (χ4v) is 3.96. The van der Waals surface area contributed by atoms with Gasteiger partial charge < -0.3 is 20.1 Å². The molecule has 1 aliphatic heterocycles. The molecule has 2 aromatic heterocycles. The molecule has 0 radical (unpaired) electrons. The van der Waals surface area contributed by atoms with Crippen molar-refractivity contribution in [2.24, 2.45) is 0 Å². The maximum Gasteiger partial charge on any atom is 0.289 e. The predicted octanol–water partition coefficient (Wildman–Crippen LogP) is 1.93. The largest absolute Gasteiger partial charge is 0.459 e. The summed E-state index contributed by atoms with van der Waals surface area (Å²) in [6, 6.07) is 13.1. The molecule has 8 nitrogen and oxygen atoms in total. The zero-order valence-corrected chi connectivity index (χ0v) is 16.5. The van der Waals surface area contributed by atoms with Gasteiger partial charge in [-0.3, -0.25) is 9.59 Å².